The second-order valence-corrected chi connectivity index (χ2v) is 12.8. The number of halogens is 1. The van der Waals surface area contributed by atoms with E-state index in [1.54, 1.807) is 12.1 Å². The fraction of sp³-hybridized carbons (Fsp3) is 0.457. The van der Waals surface area contributed by atoms with Crippen LogP contribution in [0.5, 0.6) is 11.5 Å². The molecule has 0 radical (unpaired) electrons. The predicted octanol–water partition coefficient (Wildman–Crippen LogP) is 6.56. The number of hydrogen-bond donors (Lipinski definition) is 1. The van der Waals surface area contributed by atoms with Crippen LogP contribution in [0, 0.1) is 5.92 Å². The summed E-state index contributed by atoms with van der Waals surface area (Å²) in [7, 11) is 0. The average Bonchev–Trinajstić information content (AvgIpc) is 3.75. The van der Waals surface area contributed by atoms with Crippen molar-refractivity contribution < 1.29 is 24.1 Å². The summed E-state index contributed by atoms with van der Waals surface area (Å²) in [5, 5.41) is 9.37. The van der Waals surface area contributed by atoms with Gasteiger partial charge in [0.2, 0.25) is 0 Å². The van der Waals surface area contributed by atoms with E-state index in [0.717, 1.165) is 73.7 Å². The Morgan fingerprint density at radius 2 is 1.74 bits per heavy atom. The van der Waals surface area contributed by atoms with Gasteiger partial charge in [-0.25, -0.2) is 4.79 Å². The zero-order valence-corrected chi connectivity index (χ0v) is 24.6. The number of piperidine rings is 1. The molecule has 6 nitrogen and oxygen atoms in total. The van der Waals surface area contributed by atoms with E-state index in [2.05, 4.69) is 29.2 Å². The smallest absolute Gasteiger partial charge is 0.335 e. The van der Waals surface area contributed by atoms with Gasteiger partial charge in [0.25, 0.3) is 0 Å². The molecule has 0 amide bonds. The van der Waals surface area contributed by atoms with Crippen molar-refractivity contribution in [2.75, 3.05) is 13.1 Å². The second kappa shape index (κ2) is 10.6. The molecule has 1 N–H and O–H groups in total. The lowest BCUT2D eigenvalue weighted by Crippen LogP contribution is -2.76. The van der Waals surface area contributed by atoms with Crippen molar-refractivity contribution in [2.24, 2.45) is 5.92 Å². The molecule has 3 aliphatic carbocycles. The Hall–Kier alpha value is -3.06. The number of carboxylic acid groups (broad SMARTS) is 1. The van der Waals surface area contributed by atoms with Crippen LogP contribution in [0.3, 0.4) is 0 Å². The summed E-state index contributed by atoms with van der Waals surface area (Å²) >= 11 is 0. The van der Waals surface area contributed by atoms with Crippen molar-refractivity contribution in [3.05, 3.63) is 94.5 Å². The van der Waals surface area contributed by atoms with E-state index in [9.17, 15) is 9.90 Å². The van der Waals surface area contributed by atoms with Crippen LogP contribution in [0.15, 0.2) is 66.7 Å². The molecule has 8 rings (SSSR count). The largest absolute Gasteiger partial charge is 0.485 e. The SMILES string of the molecule is Cl.O=C(O)c1ccc(COC23CCC[C@@H]4Oc5c(OCc6ccccc6)ccc6c5[C@@]42CCN(CC2CC2)[C@@H]3C6)cc1. The standard InChI is InChI=1S/C35H37NO5.ClH/c37-33(38)26-12-10-25(11-13-26)22-40-35-16-4-7-30-34(35)17-18-36(20-23-8-9-23)29(35)19-27-14-15-28(32(41-30)31(27)34)39-21-24-5-2-1-3-6-24;/h1-3,5-6,10-15,23,29-30H,4,7-9,16-22H2,(H,37,38);1H/t29-,30+,34-,35?;/m1./s1. The van der Waals surface area contributed by atoms with Crippen molar-refractivity contribution in [1.29, 1.82) is 0 Å². The fourth-order valence-corrected chi connectivity index (χ4v) is 8.53. The topological polar surface area (TPSA) is 68.2 Å². The molecule has 220 valence electrons. The molecule has 1 spiro atoms. The van der Waals surface area contributed by atoms with Gasteiger partial charge in [0.05, 0.1) is 23.2 Å². The highest BCUT2D eigenvalue weighted by molar-refractivity contribution is 5.87. The lowest BCUT2D eigenvalue weighted by atomic mass is 9.49. The molecule has 3 aromatic carbocycles. The zero-order chi connectivity index (χ0) is 27.6. The molecular weight excluding hydrogens is 550 g/mol. The molecule has 2 saturated carbocycles. The van der Waals surface area contributed by atoms with Crippen molar-refractivity contribution in [3.63, 3.8) is 0 Å². The van der Waals surface area contributed by atoms with Crippen LogP contribution in [-0.4, -0.2) is 46.8 Å². The van der Waals surface area contributed by atoms with E-state index >= 15 is 0 Å². The number of rotatable bonds is 9. The highest BCUT2D eigenvalue weighted by Crippen LogP contribution is 2.67. The molecule has 1 unspecified atom stereocenters. The van der Waals surface area contributed by atoms with Gasteiger partial charge in [-0.15, -0.1) is 12.4 Å². The number of nitrogens with zero attached hydrogens (tertiary/aromatic N) is 1. The minimum atomic E-state index is -0.903. The summed E-state index contributed by atoms with van der Waals surface area (Å²) in [5.41, 5.74) is 4.64. The molecule has 42 heavy (non-hydrogen) atoms. The van der Waals surface area contributed by atoms with Gasteiger partial charge in [-0.2, -0.15) is 0 Å². The molecular formula is C35H38ClNO5. The van der Waals surface area contributed by atoms with E-state index in [-0.39, 0.29) is 29.5 Å². The molecule has 1 saturated heterocycles. The summed E-state index contributed by atoms with van der Waals surface area (Å²) in [6.45, 7) is 3.22. The molecule has 3 aromatic rings. The Morgan fingerprint density at radius 3 is 2.50 bits per heavy atom. The summed E-state index contributed by atoms with van der Waals surface area (Å²) in [5.74, 6) is 1.70. The number of ether oxygens (including phenoxy) is 3. The predicted molar refractivity (Wildman–Crippen MR) is 162 cm³/mol. The van der Waals surface area contributed by atoms with Gasteiger partial charge in [0, 0.05) is 18.2 Å². The van der Waals surface area contributed by atoms with Gasteiger partial charge < -0.3 is 19.3 Å². The van der Waals surface area contributed by atoms with E-state index in [1.165, 1.54) is 24.0 Å². The van der Waals surface area contributed by atoms with Crippen LogP contribution in [0.25, 0.3) is 0 Å². The van der Waals surface area contributed by atoms with Crippen molar-refractivity contribution in [3.8, 4) is 11.5 Å². The number of hydrogen-bond acceptors (Lipinski definition) is 5. The van der Waals surface area contributed by atoms with Gasteiger partial charge in [-0.1, -0.05) is 48.5 Å². The third-order valence-corrected chi connectivity index (χ3v) is 10.5. The molecule has 2 aliphatic heterocycles. The minimum Gasteiger partial charge on any atom is -0.485 e. The Labute approximate surface area is 253 Å². The Morgan fingerprint density at radius 1 is 0.952 bits per heavy atom. The molecule has 3 fully saturated rings. The average molecular weight is 588 g/mol. The maximum Gasteiger partial charge on any atom is 0.335 e. The van der Waals surface area contributed by atoms with Crippen LogP contribution >= 0.6 is 12.4 Å². The van der Waals surface area contributed by atoms with Gasteiger partial charge in [0.1, 0.15) is 12.7 Å². The third kappa shape index (κ3) is 4.25. The fourth-order valence-electron chi connectivity index (χ4n) is 8.53. The summed E-state index contributed by atoms with van der Waals surface area (Å²) < 4.78 is 20.7. The van der Waals surface area contributed by atoms with Crippen molar-refractivity contribution in [1.82, 2.24) is 4.90 Å². The molecule has 0 aromatic heterocycles. The van der Waals surface area contributed by atoms with Gasteiger partial charge in [-0.05, 0) is 92.3 Å². The van der Waals surface area contributed by atoms with Crippen LogP contribution < -0.4 is 9.47 Å². The van der Waals surface area contributed by atoms with Crippen molar-refractivity contribution >= 4 is 18.4 Å². The lowest BCUT2D eigenvalue weighted by molar-refractivity contribution is -0.221. The maximum atomic E-state index is 11.4. The third-order valence-electron chi connectivity index (χ3n) is 10.5. The number of carbonyl (C=O) groups is 1. The first kappa shape index (κ1) is 27.8. The summed E-state index contributed by atoms with van der Waals surface area (Å²) in [4.78, 5) is 14.2. The lowest BCUT2D eigenvalue weighted by Gasteiger charge is -2.65. The minimum absolute atomic E-state index is 0. The number of aromatic carboxylic acids is 1. The van der Waals surface area contributed by atoms with Crippen LogP contribution in [0.1, 0.15) is 71.1 Å². The van der Waals surface area contributed by atoms with E-state index in [1.807, 2.05) is 30.3 Å². The Kier molecular flexibility index (Phi) is 6.99. The normalized spacial score (nSPS) is 28.8. The Balaban J connectivity index is 0.00000288. The number of benzene rings is 3. The molecule has 5 aliphatic rings. The first-order valence-electron chi connectivity index (χ1n) is 15.3. The van der Waals surface area contributed by atoms with E-state index < -0.39 is 5.97 Å². The number of carboxylic acids is 1. The molecule has 7 heteroatoms. The molecule has 2 bridgehead atoms. The first-order valence-corrected chi connectivity index (χ1v) is 15.3. The summed E-state index contributed by atoms with van der Waals surface area (Å²) in [6.07, 6.45) is 7.86. The van der Waals surface area contributed by atoms with Gasteiger partial charge in [0.15, 0.2) is 11.5 Å². The first-order chi connectivity index (χ1) is 20.1. The van der Waals surface area contributed by atoms with Crippen molar-refractivity contribution in [2.45, 2.75) is 81.3 Å². The highest BCUT2D eigenvalue weighted by atomic mass is 35.5. The van der Waals surface area contributed by atoms with E-state index in [0.29, 0.717) is 24.8 Å². The number of likely N-dealkylation sites (tertiary alicyclic amines) is 1. The monoisotopic (exact) mass is 587 g/mol. The summed E-state index contributed by atoms with van der Waals surface area (Å²) in [6, 6.07) is 22.2. The second-order valence-electron chi connectivity index (χ2n) is 12.8. The Bertz CT molecular complexity index is 1470. The van der Waals surface area contributed by atoms with Gasteiger partial charge in [-0.3, -0.25) is 4.90 Å². The highest BCUT2D eigenvalue weighted by Gasteiger charge is 2.72. The van der Waals surface area contributed by atoms with Crippen LogP contribution in [-0.2, 0) is 29.8 Å². The molecule has 4 atom stereocenters. The van der Waals surface area contributed by atoms with Crippen LogP contribution in [0.4, 0.5) is 0 Å². The van der Waals surface area contributed by atoms with Crippen LogP contribution in [0.2, 0.25) is 0 Å². The molecule has 2 heterocycles. The quantitative estimate of drug-likeness (QED) is 0.306. The van der Waals surface area contributed by atoms with Gasteiger partial charge >= 0.3 is 5.97 Å². The van der Waals surface area contributed by atoms with E-state index in [4.69, 9.17) is 14.2 Å². The zero-order valence-electron chi connectivity index (χ0n) is 23.8. The maximum absolute atomic E-state index is 11.4.